The smallest absolute Gasteiger partial charge is 0.253 e. The van der Waals surface area contributed by atoms with Crippen LogP contribution in [0.15, 0.2) is 60.9 Å². The first-order chi connectivity index (χ1) is 14.8. The molecule has 4 aromatic rings. The second-order valence-electron chi connectivity index (χ2n) is 8.87. The summed E-state index contributed by atoms with van der Waals surface area (Å²) in [6.07, 6.45) is 3.71. The Hall–Kier alpha value is -3.54. The lowest BCUT2D eigenvalue weighted by atomic mass is 9.93. The minimum atomic E-state index is -0.305. The highest BCUT2D eigenvalue weighted by Gasteiger charge is 2.23. The van der Waals surface area contributed by atoms with Crippen molar-refractivity contribution >= 4 is 33.6 Å². The maximum absolute atomic E-state index is 12.8. The van der Waals surface area contributed by atoms with Gasteiger partial charge in [0.25, 0.3) is 11.8 Å². The molecule has 0 saturated carbocycles. The fourth-order valence-electron chi connectivity index (χ4n) is 3.94. The molecule has 0 radical (unpaired) electrons. The number of aryl methyl sites for hydroxylation is 2. The summed E-state index contributed by atoms with van der Waals surface area (Å²) in [6.45, 7) is 4.95. The highest BCUT2D eigenvalue weighted by molar-refractivity contribution is 6.07. The van der Waals surface area contributed by atoms with E-state index in [0.29, 0.717) is 24.2 Å². The summed E-state index contributed by atoms with van der Waals surface area (Å²) in [4.78, 5) is 25.6. The van der Waals surface area contributed by atoms with Crippen molar-refractivity contribution in [1.29, 1.82) is 0 Å². The summed E-state index contributed by atoms with van der Waals surface area (Å²) < 4.78 is 3.92. The van der Waals surface area contributed by atoms with Crippen molar-refractivity contribution in [3.63, 3.8) is 0 Å². The number of amides is 2. The molecule has 2 aromatic carbocycles. The first kappa shape index (κ1) is 20.7. The van der Waals surface area contributed by atoms with Gasteiger partial charge in [-0.05, 0) is 17.5 Å². The number of rotatable bonds is 6. The SMILES string of the molecule is Cn1cc(C(=O)NCC(C)(C)CNC(=O)c2cn(C)c3ccccc23)c2ccccc21. The van der Waals surface area contributed by atoms with E-state index in [1.807, 2.05) is 98.0 Å². The third-order valence-corrected chi connectivity index (χ3v) is 5.74. The van der Waals surface area contributed by atoms with Gasteiger partial charge in [-0.15, -0.1) is 0 Å². The molecule has 0 aliphatic carbocycles. The first-order valence-corrected chi connectivity index (χ1v) is 10.4. The van der Waals surface area contributed by atoms with Crippen LogP contribution in [0.5, 0.6) is 0 Å². The van der Waals surface area contributed by atoms with Gasteiger partial charge in [0.05, 0.1) is 11.1 Å². The maximum atomic E-state index is 12.8. The Bertz CT molecular complexity index is 1180. The van der Waals surface area contributed by atoms with Crippen molar-refractivity contribution in [3.8, 4) is 0 Å². The lowest BCUT2D eigenvalue weighted by Crippen LogP contribution is -2.42. The highest BCUT2D eigenvalue weighted by atomic mass is 16.2. The molecule has 2 amide bonds. The maximum Gasteiger partial charge on any atom is 0.253 e. The highest BCUT2D eigenvalue weighted by Crippen LogP contribution is 2.22. The predicted molar refractivity (Wildman–Crippen MR) is 124 cm³/mol. The van der Waals surface area contributed by atoms with E-state index in [4.69, 9.17) is 0 Å². The Morgan fingerprint density at radius 1 is 0.742 bits per heavy atom. The molecule has 0 unspecified atom stereocenters. The Kier molecular flexibility index (Phi) is 5.31. The summed E-state index contributed by atoms with van der Waals surface area (Å²) in [5, 5.41) is 7.94. The van der Waals surface area contributed by atoms with Crippen LogP contribution in [-0.2, 0) is 14.1 Å². The number of nitrogens with zero attached hydrogens (tertiary/aromatic N) is 2. The molecule has 31 heavy (non-hydrogen) atoms. The van der Waals surface area contributed by atoms with Gasteiger partial charge < -0.3 is 19.8 Å². The van der Waals surface area contributed by atoms with E-state index >= 15 is 0 Å². The molecule has 6 nitrogen and oxygen atoms in total. The van der Waals surface area contributed by atoms with Crippen LogP contribution in [0.1, 0.15) is 34.6 Å². The van der Waals surface area contributed by atoms with Gasteiger partial charge in [-0.3, -0.25) is 9.59 Å². The fourth-order valence-corrected chi connectivity index (χ4v) is 3.94. The zero-order chi connectivity index (χ0) is 22.2. The molecule has 2 heterocycles. The molecule has 160 valence electrons. The molecule has 0 bridgehead atoms. The summed E-state index contributed by atoms with van der Waals surface area (Å²) >= 11 is 0. The second-order valence-corrected chi connectivity index (χ2v) is 8.87. The van der Waals surface area contributed by atoms with Crippen molar-refractivity contribution in [3.05, 3.63) is 72.1 Å². The van der Waals surface area contributed by atoms with Crippen LogP contribution in [0, 0.1) is 5.41 Å². The van der Waals surface area contributed by atoms with Gasteiger partial charge in [0.15, 0.2) is 0 Å². The lowest BCUT2D eigenvalue weighted by molar-refractivity contribution is 0.0921. The van der Waals surface area contributed by atoms with Crippen molar-refractivity contribution in [2.24, 2.45) is 19.5 Å². The number of carbonyl (C=O) groups excluding carboxylic acids is 2. The van der Waals surface area contributed by atoms with E-state index in [9.17, 15) is 9.59 Å². The zero-order valence-electron chi connectivity index (χ0n) is 18.4. The third-order valence-electron chi connectivity index (χ3n) is 5.74. The molecule has 6 heteroatoms. The van der Waals surface area contributed by atoms with E-state index in [1.54, 1.807) is 0 Å². The van der Waals surface area contributed by atoms with Crippen LogP contribution >= 0.6 is 0 Å². The Labute approximate surface area is 181 Å². The summed E-state index contributed by atoms with van der Waals surface area (Å²) in [5.41, 5.74) is 3.06. The van der Waals surface area contributed by atoms with Crippen LogP contribution in [0.3, 0.4) is 0 Å². The molecule has 0 spiro atoms. The van der Waals surface area contributed by atoms with Crippen LogP contribution in [-0.4, -0.2) is 34.0 Å². The largest absolute Gasteiger partial charge is 0.351 e. The van der Waals surface area contributed by atoms with Gasteiger partial charge in [-0.1, -0.05) is 50.2 Å². The van der Waals surface area contributed by atoms with Gasteiger partial charge in [0.2, 0.25) is 0 Å². The molecule has 2 aromatic heterocycles. The van der Waals surface area contributed by atoms with Gasteiger partial charge in [0, 0.05) is 61.4 Å². The Morgan fingerprint density at radius 3 is 1.55 bits per heavy atom. The van der Waals surface area contributed by atoms with E-state index in [2.05, 4.69) is 10.6 Å². The third kappa shape index (κ3) is 4.06. The van der Waals surface area contributed by atoms with Crippen LogP contribution in [0.4, 0.5) is 0 Å². The normalized spacial score (nSPS) is 11.7. The van der Waals surface area contributed by atoms with Gasteiger partial charge in [-0.2, -0.15) is 0 Å². The molecular weight excluding hydrogens is 388 g/mol. The Balaban J connectivity index is 1.40. The van der Waals surface area contributed by atoms with E-state index in [-0.39, 0.29) is 17.2 Å². The average Bonchev–Trinajstić information content (AvgIpc) is 3.28. The molecular formula is C25H28N4O2. The van der Waals surface area contributed by atoms with Crippen LogP contribution in [0.25, 0.3) is 21.8 Å². The molecule has 4 rings (SSSR count). The molecule has 0 fully saturated rings. The number of nitrogens with one attached hydrogen (secondary N) is 2. The van der Waals surface area contributed by atoms with Gasteiger partial charge in [-0.25, -0.2) is 0 Å². The molecule has 0 atom stereocenters. The lowest BCUT2D eigenvalue weighted by Gasteiger charge is -2.25. The molecule has 0 aliphatic rings. The summed E-state index contributed by atoms with van der Waals surface area (Å²) in [5.74, 6) is -0.212. The molecule has 0 saturated heterocycles. The van der Waals surface area contributed by atoms with Gasteiger partial charge >= 0.3 is 0 Å². The fraction of sp³-hybridized carbons (Fsp3) is 0.280. The second kappa shape index (κ2) is 7.95. The summed E-state index contributed by atoms with van der Waals surface area (Å²) in [7, 11) is 3.87. The minimum Gasteiger partial charge on any atom is -0.351 e. The molecule has 2 N–H and O–H groups in total. The van der Waals surface area contributed by atoms with Crippen molar-refractivity contribution in [1.82, 2.24) is 19.8 Å². The average molecular weight is 417 g/mol. The van der Waals surface area contributed by atoms with E-state index in [1.165, 1.54) is 0 Å². The zero-order valence-corrected chi connectivity index (χ0v) is 18.4. The summed E-state index contributed by atoms with van der Waals surface area (Å²) in [6, 6.07) is 15.7. The van der Waals surface area contributed by atoms with Crippen LogP contribution in [0.2, 0.25) is 0 Å². The topological polar surface area (TPSA) is 68.1 Å². The number of hydrogen-bond donors (Lipinski definition) is 2. The monoisotopic (exact) mass is 416 g/mol. The Morgan fingerprint density at radius 2 is 1.13 bits per heavy atom. The number of para-hydroxylation sites is 2. The van der Waals surface area contributed by atoms with E-state index < -0.39 is 0 Å². The number of fused-ring (bicyclic) bond motifs is 2. The van der Waals surface area contributed by atoms with Crippen molar-refractivity contribution < 1.29 is 9.59 Å². The predicted octanol–water partition coefficient (Wildman–Crippen LogP) is 3.86. The molecule has 0 aliphatic heterocycles. The number of benzene rings is 2. The first-order valence-electron chi connectivity index (χ1n) is 10.4. The number of carbonyl (C=O) groups is 2. The van der Waals surface area contributed by atoms with E-state index in [0.717, 1.165) is 21.8 Å². The number of hydrogen-bond acceptors (Lipinski definition) is 2. The van der Waals surface area contributed by atoms with Crippen molar-refractivity contribution in [2.45, 2.75) is 13.8 Å². The standard InChI is InChI=1S/C25H28N4O2/c1-25(2,15-26-23(30)19-13-28(3)21-11-7-5-9-17(19)21)16-27-24(31)20-14-29(4)22-12-8-6-10-18(20)22/h5-14H,15-16H2,1-4H3,(H,26,30)(H,27,31). The number of aromatic nitrogens is 2. The van der Waals surface area contributed by atoms with Crippen molar-refractivity contribution in [2.75, 3.05) is 13.1 Å². The van der Waals surface area contributed by atoms with Gasteiger partial charge in [0.1, 0.15) is 0 Å². The minimum absolute atomic E-state index is 0.106. The van der Waals surface area contributed by atoms with Crippen LogP contribution < -0.4 is 10.6 Å². The quantitative estimate of drug-likeness (QED) is 0.501.